The van der Waals surface area contributed by atoms with Gasteiger partial charge in [0.1, 0.15) is 0 Å². The molecule has 20 heavy (non-hydrogen) atoms. The molecular formula is C14H13N5S. The Balaban J connectivity index is 1.73. The van der Waals surface area contributed by atoms with Gasteiger partial charge in [-0.05, 0) is 24.1 Å². The molecule has 2 heterocycles. The van der Waals surface area contributed by atoms with Crippen molar-refractivity contribution in [3.8, 4) is 11.1 Å². The van der Waals surface area contributed by atoms with Crippen LogP contribution < -0.4 is 5.43 Å². The summed E-state index contributed by atoms with van der Waals surface area (Å²) in [5, 5.41) is 13.7. The molecule has 0 aliphatic rings. The average molecular weight is 283 g/mol. The summed E-state index contributed by atoms with van der Waals surface area (Å²) in [6, 6.07) is 8.10. The van der Waals surface area contributed by atoms with E-state index in [0.29, 0.717) is 0 Å². The summed E-state index contributed by atoms with van der Waals surface area (Å²) in [5.41, 5.74) is 7.10. The maximum Gasteiger partial charge on any atom is 0.203 e. The molecule has 0 aliphatic heterocycles. The second-order valence-electron chi connectivity index (χ2n) is 4.28. The molecule has 0 unspecified atom stereocenters. The van der Waals surface area contributed by atoms with E-state index in [1.807, 2.05) is 36.7 Å². The second kappa shape index (κ2) is 5.66. The standard InChI is InChI=1S/C14H13N5S/c1-10-9-20-14(18-10)19-17-6-11-3-2-4-12(5-11)13-7-15-16-8-13/h2-9H,1H3,(H,15,16)(H,18,19). The Kier molecular flexibility index (Phi) is 3.56. The highest BCUT2D eigenvalue weighted by Crippen LogP contribution is 2.18. The molecule has 5 nitrogen and oxygen atoms in total. The molecule has 0 saturated carbocycles. The first-order valence-corrected chi connectivity index (χ1v) is 7.00. The van der Waals surface area contributed by atoms with Gasteiger partial charge in [-0.15, -0.1) is 11.3 Å². The molecular weight excluding hydrogens is 270 g/mol. The quantitative estimate of drug-likeness (QED) is 0.570. The lowest BCUT2D eigenvalue weighted by Gasteiger charge is -1.99. The van der Waals surface area contributed by atoms with Crippen molar-refractivity contribution in [2.45, 2.75) is 6.92 Å². The number of hydrogen-bond donors (Lipinski definition) is 2. The van der Waals surface area contributed by atoms with Crippen LogP contribution in [0.1, 0.15) is 11.3 Å². The number of H-pyrrole nitrogens is 1. The fourth-order valence-corrected chi connectivity index (χ4v) is 2.41. The minimum atomic E-state index is 0.796. The van der Waals surface area contributed by atoms with Crippen molar-refractivity contribution >= 4 is 22.7 Å². The zero-order valence-electron chi connectivity index (χ0n) is 10.9. The van der Waals surface area contributed by atoms with E-state index < -0.39 is 0 Å². The Morgan fingerprint density at radius 1 is 1.35 bits per heavy atom. The molecule has 3 aromatic rings. The largest absolute Gasteiger partial charge is 0.285 e. The zero-order chi connectivity index (χ0) is 13.8. The molecule has 6 heteroatoms. The van der Waals surface area contributed by atoms with E-state index in [0.717, 1.165) is 27.5 Å². The number of benzene rings is 1. The summed E-state index contributed by atoms with van der Waals surface area (Å²) in [4.78, 5) is 4.28. The van der Waals surface area contributed by atoms with E-state index >= 15 is 0 Å². The zero-order valence-corrected chi connectivity index (χ0v) is 11.7. The molecule has 0 atom stereocenters. The van der Waals surface area contributed by atoms with Gasteiger partial charge in [0.15, 0.2) is 0 Å². The number of aryl methyl sites for hydroxylation is 1. The van der Waals surface area contributed by atoms with Crippen LogP contribution in [0.5, 0.6) is 0 Å². The van der Waals surface area contributed by atoms with Crippen LogP contribution in [-0.2, 0) is 0 Å². The Labute approximate surface area is 120 Å². The number of aromatic amines is 1. The predicted molar refractivity (Wildman–Crippen MR) is 82.1 cm³/mol. The first-order chi connectivity index (χ1) is 9.81. The molecule has 100 valence electrons. The topological polar surface area (TPSA) is 66.0 Å². The molecule has 0 amide bonds. The monoisotopic (exact) mass is 283 g/mol. The van der Waals surface area contributed by atoms with Crippen LogP contribution in [0, 0.1) is 6.92 Å². The molecule has 2 N–H and O–H groups in total. The van der Waals surface area contributed by atoms with Gasteiger partial charge in [0.25, 0.3) is 0 Å². The van der Waals surface area contributed by atoms with Gasteiger partial charge < -0.3 is 0 Å². The molecule has 0 bridgehead atoms. The predicted octanol–water partition coefficient (Wildman–Crippen LogP) is 3.29. The summed E-state index contributed by atoms with van der Waals surface area (Å²) in [6.45, 7) is 1.96. The molecule has 0 radical (unpaired) electrons. The molecule has 2 aromatic heterocycles. The van der Waals surface area contributed by atoms with Crippen molar-refractivity contribution in [3.63, 3.8) is 0 Å². The third kappa shape index (κ3) is 2.92. The SMILES string of the molecule is Cc1csc(NN=Cc2cccc(-c3cn[nH]c3)c2)n1. The summed E-state index contributed by atoms with van der Waals surface area (Å²) in [6.07, 6.45) is 5.44. The average Bonchev–Trinajstić information content (AvgIpc) is 3.11. The van der Waals surface area contributed by atoms with Gasteiger partial charge in [0.05, 0.1) is 18.1 Å². The smallest absolute Gasteiger partial charge is 0.203 e. The first-order valence-electron chi connectivity index (χ1n) is 6.12. The van der Waals surface area contributed by atoms with Crippen LogP contribution in [0.25, 0.3) is 11.1 Å². The highest BCUT2D eigenvalue weighted by molar-refractivity contribution is 7.13. The van der Waals surface area contributed by atoms with E-state index in [1.54, 1.807) is 12.4 Å². The minimum Gasteiger partial charge on any atom is -0.285 e. The second-order valence-corrected chi connectivity index (χ2v) is 5.13. The highest BCUT2D eigenvalue weighted by Gasteiger charge is 1.99. The van der Waals surface area contributed by atoms with Crippen molar-refractivity contribution in [3.05, 3.63) is 53.3 Å². The molecule has 3 rings (SSSR count). The van der Waals surface area contributed by atoms with Crippen LogP contribution in [-0.4, -0.2) is 21.4 Å². The number of rotatable bonds is 4. The number of nitrogens with zero attached hydrogens (tertiary/aromatic N) is 3. The number of hydrogen-bond acceptors (Lipinski definition) is 5. The summed E-state index contributed by atoms with van der Waals surface area (Å²) >= 11 is 1.54. The fraction of sp³-hybridized carbons (Fsp3) is 0.0714. The molecule has 0 aliphatic carbocycles. The van der Waals surface area contributed by atoms with Crippen molar-refractivity contribution in [2.24, 2.45) is 5.10 Å². The Hall–Kier alpha value is -2.47. The van der Waals surface area contributed by atoms with Gasteiger partial charge in [0, 0.05) is 17.1 Å². The first kappa shape index (κ1) is 12.6. The summed E-state index contributed by atoms with van der Waals surface area (Å²) in [7, 11) is 0. The number of nitrogens with one attached hydrogen (secondary N) is 2. The van der Waals surface area contributed by atoms with Crippen LogP contribution in [0.2, 0.25) is 0 Å². The Morgan fingerprint density at radius 2 is 2.30 bits per heavy atom. The van der Waals surface area contributed by atoms with Crippen molar-refractivity contribution in [1.82, 2.24) is 15.2 Å². The summed E-state index contributed by atoms with van der Waals surface area (Å²) < 4.78 is 0. The fourth-order valence-electron chi connectivity index (χ4n) is 1.77. The van der Waals surface area contributed by atoms with E-state index in [-0.39, 0.29) is 0 Å². The van der Waals surface area contributed by atoms with Crippen molar-refractivity contribution < 1.29 is 0 Å². The molecule has 1 aromatic carbocycles. The Morgan fingerprint density at radius 3 is 3.05 bits per heavy atom. The third-order valence-corrected chi connectivity index (χ3v) is 3.58. The summed E-state index contributed by atoms with van der Waals surface area (Å²) in [5.74, 6) is 0. The number of anilines is 1. The molecule has 0 fully saturated rings. The number of thiazole rings is 1. The van der Waals surface area contributed by atoms with Gasteiger partial charge >= 0.3 is 0 Å². The van der Waals surface area contributed by atoms with Gasteiger partial charge in [-0.25, -0.2) is 4.98 Å². The van der Waals surface area contributed by atoms with E-state index in [9.17, 15) is 0 Å². The van der Waals surface area contributed by atoms with E-state index in [1.165, 1.54) is 11.3 Å². The minimum absolute atomic E-state index is 0.796. The van der Waals surface area contributed by atoms with E-state index in [2.05, 4.69) is 31.8 Å². The van der Waals surface area contributed by atoms with Gasteiger partial charge in [-0.3, -0.25) is 10.5 Å². The molecule has 0 spiro atoms. The van der Waals surface area contributed by atoms with Crippen molar-refractivity contribution in [1.29, 1.82) is 0 Å². The van der Waals surface area contributed by atoms with Crippen LogP contribution in [0.15, 0.2) is 47.1 Å². The van der Waals surface area contributed by atoms with Crippen molar-refractivity contribution in [2.75, 3.05) is 5.43 Å². The molecule has 0 saturated heterocycles. The van der Waals surface area contributed by atoms with Crippen LogP contribution >= 0.6 is 11.3 Å². The maximum absolute atomic E-state index is 4.28. The van der Waals surface area contributed by atoms with Gasteiger partial charge in [0.2, 0.25) is 5.13 Å². The lowest BCUT2D eigenvalue weighted by molar-refractivity contribution is 1.09. The van der Waals surface area contributed by atoms with Crippen LogP contribution in [0.4, 0.5) is 5.13 Å². The lowest BCUT2D eigenvalue weighted by Crippen LogP contribution is -1.90. The van der Waals surface area contributed by atoms with Gasteiger partial charge in [-0.1, -0.05) is 18.2 Å². The normalized spacial score (nSPS) is 11.1. The van der Waals surface area contributed by atoms with Crippen LogP contribution in [0.3, 0.4) is 0 Å². The van der Waals surface area contributed by atoms with E-state index in [4.69, 9.17) is 0 Å². The number of aromatic nitrogens is 3. The number of hydrazone groups is 1. The Bertz CT molecular complexity index is 715. The highest BCUT2D eigenvalue weighted by atomic mass is 32.1. The third-order valence-electron chi connectivity index (χ3n) is 2.71. The maximum atomic E-state index is 4.28. The van der Waals surface area contributed by atoms with Gasteiger partial charge in [-0.2, -0.15) is 10.2 Å². The lowest BCUT2D eigenvalue weighted by atomic mass is 10.1.